The molecule has 25 heavy (non-hydrogen) atoms. The summed E-state index contributed by atoms with van der Waals surface area (Å²) in [5, 5.41) is 3.87. The number of pyridine rings is 1. The molecular formula is C18H13N3O4. The summed E-state index contributed by atoms with van der Waals surface area (Å²) in [7, 11) is 0. The Morgan fingerprint density at radius 1 is 1.12 bits per heavy atom. The minimum atomic E-state index is -0.574. The fraction of sp³-hybridized carbons (Fsp3) is 0. The second kappa shape index (κ2) is 7.69. The van der Waals surface area contributed by atoms with E-state index in [9.17, 15) is 9.59 Å². The summed E-state index contributed by atoms with van der Waals surface area (Å²) in [6.07, 6.45) is 5.91. The second-order valence-electron chi connectivity index (χ2n) is 4.88. The number of hydrogen-bond donors (Lipinski definition) is 1. The van der Waals surface area contributed by atoms with E-state index in [1.807, 2.05) is 0 Å². The Labute approximate surface area is 143 Å². The molecule has 0 bridgehead atoms. The average Bonchev–Trinajstić information content (AvgIpc) is 3.19. The summed E-state index contributed by atoms with van der Waals surface area (Å²) in [6, 6.07) is 13.1. The molecule has 7 heteroatoms. The molecule has 1 N–H and O–H groups in total. The number of esters is 1. The molecule has 0 saturated carbocycles. The molecule has 2 aromatic heterocycles. The van der Waals surface area contributed by atoms with Crippen LogP contribution in [-0.4, -0.2) is 23.1 Å². The van der Waals surface area contributed by atoms with Crippen molar-refractivity contribution in [2.24, 2.45) is 5.10 Å². The lowest BCUT2D eigenvalue weighted by atomic mass is 10.2. The summed E-state index contributed by atoms with van der Waals surface area (Å²) in [6.45, 7) is 0. The van der Waals surface area contributed by atoms with E-state index in [0.717, 1.165) is 5.56 Å². The average molecular weight is 335 g/mol. The van der Waals surface area contributed by atoms with E-state index in [-0.39, 0.29) is 11.7 Å². The van der Waals surface area contributed by atoms with Gasteiger partial charge in [0, 0.05) is 12.4 Å². The Hall–Kier alpha value is -3.74. The maximum Gasteiger partial charge on any atom is 0.379 e. The third-order valence-corrected chi connectivity index (χ3v) is 3.12. The zero-order valence-electron chi connectivity index (χ0n) is 13.0. The smallest absolute Gasteiger partial charge is 0.379 e. The Bertz CT molecular complexity index is 872. The molecule has 0 unspecified atom stereocenters. The van der Waals surface area contributed by atoms with Gasteiger partial charge in [0.05, 0.1) is 18.0 Å². The SMILES string of the molecule is O=C(NN=Cc1ccc(OC(=O)c2ccco2)cc1)c1cccnc1. The molecule has 0 aliphatic heterocycles. The van der Waals surface area contributed by atoms with Gasteiger partial charge in [-0.1, -0.05) is 0 Å². The number of nitrogens with zero attached hydrogens (tertiary/aromatic N) is 2. The van der Waals surface area contributed by atoms with Crippen LogP contribution >= 0.6 is 0 Å². The predicted octanol–water partition coefficient (Wildman–Crippen LogP) is 2.66. The molecule has 3 aromatic rings. The van der Waals surface area contributed by atoms with E-state index in [2.05, 4.69) is 15.5 Å². The standard InChI is InChI=1S/C18H13N3O4/c22-17(14-3-1-9-19-12-14)21-20-11-13-5-7-15(8-6-13)25-18(23)16-4-2-10-24-16/h1-12H,(H,21,22). The fourth-order valence-electron chi connectivity index (χ4n) is 1.90. The van der Waals surface area contributed by atoms with Crippen molar-refractivity contribution in [3.8, 4) is 5.75 Å². The molecule has 1 aromatic carbocycles. The van der Waals surface area contributed by atoms with Crippen molar-refractivity contribution in [3.63, 3.8) is 0 Å². The normalized spacial score (nSPS) is 10.6. The third-order valence-electron chi connectivity index (χ3n) is 3.12. The van der Waals surface area contributed by atoms with Crippen LogP contribution in [0, 0.1) is 0 Å². The van der Waals surface area contributed by atoms with Crippen LogP contribution in [-0.2, 0) is 0 Å². The van der Waals surface area contributed by atoms with E-state index in [1.54, 1.807) is 48.7 Å². The maximum absolute atomic E-state index is 11.8. The number of rotatable bonds is 5. The van der Waals surface area contributed by atoms with Crippen LogP contribution in [0.1, 0.15) is 26.5 Å². The van der Waals surface area contributed by atoms with Crippen molar-refractivity contribution in [2.75, 3.05) is 0 Å². The van der Waals surface area contributed by atoms with Gasteiger partial charge in [-0.3, -0.25) is 9.78 Å². The molecule has 124 valence electrons. The first-order valence-corrected chi connectivity index (χ1v) is 7.31. The Balaban J connectivity index is 1.55. The number of hydrazone groups is 1. The van der Waals surface area contributed by atoms with Gasteiger partial charge in [-0.25, -0.2) is 10.2 Å². The van der Waals surface area contributed by atoms with Crippen LogP contribution in [0.5, 0.6) is 5.75 Å². The summed E-state index contributed by atoms with van der Waals surface area (Å²) in [4.78, 5) is 27.4. The van der Waals surface area contributed by atoms with Crippen LogP contribution in [0.25, 0.3) is 0 Å². The van der Waals surface area contributed by atoms with Crippen LogP contribution in [0.2, 0.25) is 0 Å². The Kier molecular flexibility index (Phi) is 4.96. The zero-order chi connectivity index (χ0) is 17.5. The van der Waals surface area contributed by atoms with Gasteiger partial charge >= 0.3 is 5.97 Å². The number of amides is 1. The lowest BCUT2D eigenvalue weighted by molar-refractivity contribution is 0.0701. The lowest BCUT2D eigenvalue weighted by Gasteiger charge is -2.02. The number of benzene rings is 1. The third kappa shape index (κ3) is 4.38. The van der Waals surface area contributed by atoms with Gasteiger partial charge in [-0.2, -0.15) is 5.10 Å². The molecule has 0 spiro atoms. The van der Waals surface area contributed by atoms with Crippen LogP contribution in [0.15, 0.2) is 76.7 Å². The minimum Gasteiger partial charge on any atom is -0.457 e. The second-order valence-corrected chi connectivity index (χ2v) is 4.88. The van der Waals surface area contributed by atoms with E-state index >= 15 is 0 Å². The molecule has 0 saturated heterocycles. The van der Waals surface area contributed by atoms with Crippen molar-refractivity contribution < 1.29 is 18.7 Å². The Morgan fingerprint density at radius 2 is 1.96 bits per heavy atom. The highest BCUT2D eigenvalue weighted by Gasteiger charge is 2.10. The quantitative estimate of drug-likeness (QED) is 0.335. The van der Waals surface area contributed by atoms with Crippen LogP contribution in [0.3, 0.4) is 0 Å². The number of hydrogen-bond acceptors (Lipinski definition) is 6. The molecule has 2 heterocycles. The first-order valence-electron chi connectivity index (χ1n) is 7.31. The van der Waals surface area contributed by atoms with E-state index in [0.29, 0.717) is 11.3 Å². The Morgan fingerprint density at radius 3 is 2.64 bits per heavy atom. The van der Waals surface area contributed by atoms with E-state index in [1.165, 1.54) is 24.7 Å². The topological polar surface area (TPSA) is 93.8 Å². The number of carbonyl (C=O) groups is 2. The maximum atomic E-state index is 11.8. The van der Waals surface area contributed by atoms with Crippen molar-refractivity contribution >= 4 is 18.1 Å². The highest BCUT2D eigenvalue weighted by molar-refractivity contribution is 5.94. The van der Waals surface area contributed by atoms with Crippen molar-refractivity contribution in [1.29, 1.82) is 0 Å². The van der Waals surface area contributed by atoms with Gasteiger partial charge in [0.15, 0.2) is 0 Å². The van der Waals surface area contributed by atoms with E-state index < -0.39 is 5.97 Å². The number of ether oxygens (including phenoxy) is 1. The number of nitrogens with one attached hydrogen (secondary N) is 1. The van der Waals surface area contributed by atoms with Gasteiger partial charge in [-0.15, -0.1) is 0 Å². The number of aromatic nitrogens is 1. The fourth-order valence-corrected chi connectivity index (χ4v) is 1.90. The molecule has 0 aliphatic carbocycles. The zero-order valence-corrected chi connectivity index (χ0v) is 13.0. The van der Waals surface area contributed by atoms with Gasteiger partial charge in [0.2, 0.25) is 5.76 Å². The predicted molar refractivity (Wildman–Crippen MR) is 89.4 cm³/mol. The molecular weight excluding hydrogens is 322 g/mol. The molecule has 0 radical (unpaired) electrons. The largest absolute Gasteiger partial charge is 0.457 e. The van der Waals surface area contributed by atoms with Gasteiger partial charge < -0.3 is 9.15 Å². The van der Waals surface area contributed by atoms with Crippen LogP contribution < -0.4 is 10.2 Å². The first kappa shape index (κ1) is 16.1. The van der Waals surface area contributed by atoms with Gasteiger partial charge in [-0.05, 0) is 54.1 Å². The van der Waals surface area contributed by atoms with Crippen molar-refractivity contribution in [1.82, 2.24) is 10.4 Å². The van der Waals surface area contributed by atoms with Crippen molar-refractivity contribution in [3.05, 3.63) is 84.1 Å². The molecule has 0 atom stereocenters. The first-order chi connectivity index (χ1) is 12.2. The summed E-state index contributed by atoms with van der Waals surface area (Å²) in [5.74, 6) is -0.426. The molecule has 7 nitrogen and oxygen atoms in total. The van der Waals surface area contributed by atoms with Gasteiger partial charge in [0.25, 0.3) is 5.91 Å². The monoisotopic (exact) mass is 335 g/mol. The highest BCUT2D eigenvalue weighted by Crippen LogP contribution is 2.13. The van der Waals surface area contributed by atoms with Crippen LogP contribution in [0.4, 0.5) is 0 Å². The molecule has 3 rings (SSSR count). The summed E-state index contributed by atoms with van der Waals surface area (Å²) >= 11 is 0. The number of carbonyl (C=O) groups excluding carboxylic acids is 2. The molecule has 0 aliphatic rings. The molecule has 1 amide bonds. The lowest BCUT2D eigenvalue weighted by Crippen LogP contribution is -2.17. The summed E-state index contributed by atoms with van der Waals surface area (Å²) < 4.78 is 10.1. The van der Waals surface area contributed by atoms with Crippen molar-refractivity contribution in [2.45, 2.75) is 0 Å². The number of furan rings is 1. The van der Waals surface area contributed by atoms with Gasteiger partial charge in [0.1, 0.15) is 5.75 Å². The summed E-state index contributed by atoms with van der Waals surface area (Å²) in [5.41, 5.74) is 3.55. The minimum absolute atomic E-state index is 0.128. The van der Waals surface area contributed by atoms with E-state index in [4.69, 9.17) is 9.15 Å². The molecule has 0 fully saturated rings. The highest BCUT2D eigenvalue weighted by atomic mass is 16.5.